The van der Waals surface area contributed by atoms with Gasteiger partial charge in [-0.05, 0) is 41.0 Å². The van der Waals surface area contributed by atoms with Gasteiger partial charge in [0.25, 0.3) is 0 Å². The van der Waals surface area contributed by atoms with Crippen LogP contribution in [0.5, 0.6) is 0 Å². The number of likely N-dealkylation sites (N-methyl/N-ethyl adjacent to an activating group) is 1. The normalized spacial score (nSPS) is 10.2. The number of hydrogen-bond donors (Lipinski definition) is 2. The van der Waals surface area contributed by atoms with E-state index >= 15 is 0 Å². The molecule has 0 saturated heterocycles. The minimum Gasteiger partial charge on any atom is -0.368 e. The quantitative estimate of drug-likeness (QED) is 0.795. The van der Waals surface area contributed by atoms with Crippen LogP contribution in [0, 0.1) is 6.92 Å². The molecule has 4 heteroatoms. The summed E-state index contributed by atoms with van der Waals surface area (Å²) in [6.45, 7) is 7.01. The molecular weight excluding hydrogens is 242 g/mol. The number of pyridine rings is 1. The SMILES string of the molecule is CCNCCNc1nccc(C)c1Br. The van der Waals surface area contributed by atoms with Gasteiger partial charge in [-0.15, -0.1) is 0 Å². The predicted octanol–water partition coefficient (Wildman–Crippen LogP) is 2.17. The Bertz CT molecular complexity index is 289. The van der Waals surface area contributed by atoms with Crippen LogP contribution in [0.3, 0.4) is 0 Å². The van der Waals surface area contributed by atoms with E-state index in [2.05, 4.69) is 45.4 Å². The summed E-state index contributed by atoms with van der Waals surface area (Å²) in [5.74, 6) is 0.919. The number of anilines is 1. The van der Waals surface area contributed by atoms with E-state index in [4.69, 9.17) is 0 Å². The van der Waals surface area contributed by atoms with Crippen LogP contribution in [-0.4, -0.2) is 24.6 Å². The van der Waals surface area contributed by atoms with Gasteiger partial charge < -0.3 is 10.6 Å². The molecule has 3 nitrogen and oxygen atoms in total. The lowest BCUT2D eigenvalue weighted by atomic mass is 10.3. The van der Waals surface area contributed by atoms with E-state index in [-0.39, 0.29) is 0 Å². The Kier molecular flexibility index (Phi) is 4.90. The number of rotatable bonds is 5. The first-order valence-corrected chi connectivity index (χ1v) is 5.60. The molecule has 1 heterocycles. The average Bonchev–Trinajstić information content (AvgIpc) is 2.19. The molecule has 1 rings (SSSR count). The average molecular weight is 258 g/mol. The summed E-state index contributed by atoms with van der Waals surface area (Å²) in [4.78, 5) is 4.25. The van der Waals surface area contributed by atoms with Crippen molar-refractivity contribution in [2.75, 3.05) is 25.0 Å². The molecule has 0 radical (unpaired) electrons. The van der Waals surface area contributed by atoms with Gasteiger partial charge in [-0.3, -0.25) is 0 Å². The fourth-order valence-corrected chi connectivity index (χ4v) is 1.48. The number of nitrogens with one attached hydrogen (secondary N) is 2. The van der Waals surface area contributed by atoms with Crippen molar-refractivity contribution in [2.24, 2.45) is 0 Å². The summed E-state index contributed by atoms with van der Waals surface area (Å²) in [6, 6.07) is 1.99. The summed E-state index contributed by atoms with van der Waals surface area (Å²) in [5, 5.41) is 6.52. The van der Waals surface area contributed by atoms with Gasteiger partial charge in [-0.25, -0.2) is 4.98 Å². The summed E-state index contributed by atoms with van der Waals surface area (Å²) in [7, 11) is 0. The Morgan fingerprint density at radius 1 is 1.43 bits per heavy atom. The zero-order chi connectivity index (χ0) is 10.4. The molecule has 0 bridgehead atoms. The van der Waals surface area contributed by atoms with Gasteiger partial charge in [0.1, 0.15) is 5.82 Å². The van der Waals surface area contributed by atoms with Crippen molar-refractivity contribution in [1.82, 2.24) is 10.3 Å². The van der Waals surface area contributed by atoms with Crippen LogP contribution < -0.4 is 10.6 Å². The molecule has 14 heavy (non-hydrogen) atoms. The zero-order valence-corrected chi connectivity index (χ0v) is 10.2. The third-order valence-corrected chi connectivity index (χ3v) is 2.93. The fraction of sp³-hybridized carbons (Fsp3) is 0.500. The monoisotopic (exact) mass is 257 g/mol. The van der Waals surface area contributed by atoms with Gasteiger partial charge in [-0.1, -0.05) is 6.92 Å². The van der Waals surface area contributed by atoms with Crippen LogP contribution in [0.1, 0.15) is 12.5 Å². The van der Waals surface area contributed by atoms with Crippen LogP contribution in [0.15, 0.2) is 16.7 Å². The maximum absolute atomic E-state index is 4.25. The van der Waals surface area contributed by atoms with E-state index in [9.17, 15) is 0 Å². The molecule has 78 valence electrons. The minimum absolute atomic E-state index is 0.892. The van der Waals surface area contributed by atoms with E-state index in [1.165, 1.54) is 5.56 Å². The van der Waals surface area contributed by atoms with Crippen molar-refractivity contribution in [1.29, 1.82) is 0 Å². The molecule has 0 saturated carbocycles. The zero-order valence-electron chi connectivity index (χ0n) is 8.60. The predicted molar refractivity (Wildman–Crippen MR) is 63.7 cm³/mol. The lowest BCUT2D eigenvalue weighted by Gasteiger charge is -2.08. The van der Waals surface area contributed by atoms with Crippen molar-refractivity contribution in [3.05, 3.63) is 22.3 Å². The second-order valence-corrected chi connectivity index (χ2v) is 3.86. The first-order valence-electron chi connectivity index (χ1n) is 4.81. The van der Waals surface area contributed by atoms with E-state index in [1.54, 1.807) is 0 Å². The van der Waals surface area contributed by atoms with Crippen LogP contribution in [-0.2, 0) is 0 Å². The second kappa shape index (κ2) is 5.98. The highest BCUT2D eigenvalue weighted by atomic mass is 79.9. The highest BCUT2D eigenvalue weighted by Gasteiger charge is 2.01. The van der Waals surface area contributed by atoms with E-state index < -0.39 is 0 Å². The molecular formula is C10H16BrN3. The van der Waals surface area contributed by atoms with Gasteiger partial charge in [0.05, 0.1) is 4.47 Å². The fourth-order valence-electron chi connectivity index (χ4n) is 1.11. The van der Waals surface area contributed by atoms with Gasteiger partial charge in [0.15, 0.2) is 0 Å². The molecule has 0 atom stereocenters. The number of hydrogen-bond acceptors (Lipinski definition) is 3. The number of aryl methyl sites for hydroxylation is 1. The Morgan fingerprint density at radius 2 is 2.21 bits per heavy atom. The maximum atomic E-state index is 4.25. The summed E-state index contributed by atoms with van der Waals surface area (Å²) < 4.78 is 1.05. The van der Waals surface area contributed by atoms with Crippen molar-refractivity contribution in [2.45, 2.75) is 13.8 Å². The van der Waals surface area contributed by atoms with Crippen molar-refractivity contribution >= 4 is 21.7 Å². The van der Waals surface area contributed by atoms with E-state index in [0.717, 1.165) is 29.9 Å². The Labute approximate surface area is 93.4 Å². The number of aromatic nitrogens is 1. The number of halogens is 1. The Hall–Kier alpha value is -0.610. The number of nitrogens with zero attached hydrogens (tertiary/aromatic N) is 1. The highest BCUT2D eigenvalue weighted by molar-refractivity contribution is 9.10. The van der Waals surface area contributed by atoms with Gasteiger partial charge in [-0.2, -0.15) is 0 Å². The summed E-state index contributed by atoms with van der Waals surface area (Å²) in [5.41, 5.74) is 1.20. The van der Waals surface area contributed by atoms with Crippen LogP contribution >= 0.6 is 15.9 Å². The maximum Gasteiger partial charge on any atom is 0.140 e. The standard InChI is InChI=1S/C10H16BrN3/c1-3-12-6-7-14-10-9(11)8(2)4-5-13-10/h4-5,12H,3,6-7H2,1-2H3,(H,13,14). The molecule has 0 aliphatic rings. The minimum atomic E-state index is 0.892. The lowest BCUT2D eigenvalue weighted by Crippen LogP contribution is -2.22. The van der Waals surface area contributed by atoms with E-state index in [0.29, 0.717) is 0 Å². The summed E-state index contributed by atoms with van der Waals surface area (Å²) >= 11 is 3.50. The first kappa shape index (κ1) is 11.5. The molecule has 1 aromatic heterocycles. The first-order chi connectivity index (χ1) is 6.75. The third kappa shape index (κ3) is 3.27. The largest absolute Gasteiger partial charge is 0.368 e. The molecule has 0 aliphatic carbocycles. The lowest BCUT2D eigenvalue weighted by molar-refractivity contribution is 0.737. The second-order valence-electron chi connectivity index (χ2n) is 3.07. The van der Waals surface area contributed by atoms with E-state index in [1.807, 2.05) is 12.3 Å². The van der Waals surface area contributed by atoms with Gasteiger partial charge in [0.2, 0.25) is 0 Å². The molecule has 0 aromatic carbocycles. The third-order valence-electron chi connectivity index (χ3n) is 1.93. The molecule has 2 N–H and O–H groups in total. The Morgan fingerprint density at radius 3 is 2.93 bits per heavy atom. The van der Waals surface area contributed by atoms with Gasteiger partial charge >= 0.3 is 0 Å². The molecule has 0 spiro atoms. The van der Waals surface area contributed by atoms with Crippen molar-refractivity contribution in [3.63, 3.8) is 0 Å². The molecule has 0 aliphatic heterocycles. The van der Waals surface area contributed by atoms with Crippen LogP contribution in [0.2, 0.25) is 0 Å². The summed E-state index contributed by atoms with van der Waals surface area (Å²) in [6.07, 6.45) is 1.82. The molecule has 0 amide bonds. The smallest absolute Gasteiger partial charge is 0.140 e. The van der Waals surface area contributed by atoms with Crippen molar-refractivity contribution in [3.8, 4) is 0 Å². The highest BCUT2D eigenvalue weighted by Crippen LogP contribution is 2.22. The van der Waals surface area contributed by atoms with Crippen LogP contribution in [0.25, 0.3) is 0 Å². The molecule has 0 unspecified atom stereocenters. The molecule has 1 aromatic rings. The van der Waals surface area contributed by atoms with Gasteiger partial charge in [0, 0.05) is 19.3 Å². The topological polar surface area (TPSA) is 37.0 Å². The van der Waals surface area contributed by atoms with Crippen molar-refractivity contribution < 1.29 is 0 Å². The molecule has 0 fully saturated rings. The van der Waals surface area contributed by atoms with Crippen LogP contribution in [0.4, 0.5) is 5.82 Å². The Balaban J connectivity index is 2.46.